The highest BCUT2D eigenvalue weighted by Gasteiger charge is 2.22. The third-order valence-electron chi connectivity index (χ3n) is 2.38. The van der Waals surface area contributed by atoms with Gasteiger partial charge in [0.25, 0.3) is 0 Å². The lowest BCUT2D eigenvalue weighted by Gasteiger charge is -2.26. The van der Waals surface area contributed by atoms with Crippen molar-refractivity contribution in [1.29, 1.82) is 0 Å². The molecule has 0 heterocycles. The number of amides is 1. The van der Waals surface area contributed by atoms with Crippen molar-refractivity contribution in [2.75, 3.05) is 13.2 Å². The minimum Gasteiger partial charge on any atom is -0.372 e. The molecule has 0 atom stereocenters. The van der Waals surface area contributed by atoms with Crippen LogP contribution in [0.1, 0.15) is 26.3 Å². The largest absolute Gasteiger partial charge is 0.372 e. The fourth-order valence-corrected chi connectivity index (χ4v) is 1.51. The van der Waals surface area contributed by atoms with Crippen molar-refractivity contribution in [2.45, 2.75) is 26.3 Å². The fraction of sp³-hybridized carbons (Fsp3) is 0.462. The molecule has 1 aromatic carbocycles. The summed E-state index contributed by atoms with van der Waals surface area (Å²) >= 11 is 0. The van der Waals surface area contributed by atoms with Crippen LogP contribution in [0.15, 0.2) is 30.3 Å². The van der Waals surface area contributed by atoms with E-state index in [1.165, 1.54) is 0 Å². The summed E-state index contributed by atoms with van der Waals surface area (Å²) < 4.78 is 5.06. The van der Waals surface area contributed by atoms with Gasteiger partial charge in [0.1, 0.15) is 6.61 Å². The highest BCUT2D eigenvalue weighted by molar-refractivity contribution is 5.78. The maximum absolute atomic E-state index is 11.6. The normalized spacial score (nSPS) is 11.2. The van der Waals surface area contributed by atoms with Gasteiger partial charge in [-0.25, -0.2) is 0 Å². The Morgan fingerprint density at radius 1 is 1.31 bits per heavy atom. The molecular formula is C13H19NO2. The monoisotopic (exact) mass is 221 g/mol. The molecule has 1 aromatic rings. The van der Waals surface area contributed by atoms with Gasteiger partial charge in [-0.2, -0.15) is 0 Å². The minimum absolute atomic E-state index is 0.0873. The maximum Gasteiger partial charge on any atom is 0.246 e. The van der Waals surface area contributed by atoms with Crippen LogP contribution in [-0.2, 0) is 15.1 Å². The molecule has 0 radical (unpaired) electrons. The molecular weight excluding hydrogens is 202 g/mol. The molecule has 1 amide bonds. The van der Waals surface area contributed by atoms with Crippen molar-refractivity contribution in [3.63, 3.8) is 0 Å². The van der Waals surface area contributed by atoms with E-state index in [9.17, 15) is 4.79 Å². The van der Waals surface area contributed by atoms with Crippen molar-refractivity contribution in [2.24, 2.45) is 0 Å². The molecule has 0 aromatic heterocycles. The first kappa shape index (κ1) is 12.7. The molecule has 0 unspecified atom stereocenters. The van der Waals surface area contributed by atoms with E-state index in [0.717, 1.165) is 5.56 Å². The smallest absolute Gasteiger partial charge is 0.246 e. The highest BCUT2D eigenvalue weighted by Crippen LogP contribution is 2.18. The van der Waals surface area contributed by atoms with Gasteiger partial charge in [0.05, 0.1) is 5.54 Å². The molecule has 1 rings (SSSR count). The van der Waals surface area contributed by atoms with Gasteiger partial charge in [0.15, 0.2) is 0 Å². The molecule has 3 nitrogen and oxygen atoms in total. The summed E-state index contributed by atoms with van der Waals surface area (Å²) in [6.45, 7) is 6.50. The molecule has 0 bridgehead atoms. The van der Waals surface area contributed by atoms with Crippen LogP contribution < -0.4 is 5.32 Å². The zero-order valence-electron chi connectivity index (χ0n) is 10.1. The summed E-state index contributed by atoms with van der Waals surface area (Å²) in [5, 5.41) is 2.94. The number of carbonyl (C=O) groups is 1. The van der Waals surface area contributed by atoms with E-state index in [-0.39, 0.29) is 18.1 Å². The van der Waals surface area contributed by atoms with Crippen LogP contribution in [0.3, 0.4) is 0 Å². The second-order valence-electron chi connectivity index (χ2n) is 4.18. The van der Waals surface area contributed by atoms with Crippen LogP contribution in [0.4, 0.5) is 0 Å². The van der Waals surface area contributed by atoms with Crippen LogP contribution in [-0.4, -0.2) is 19.1 Å². The average Bonchev–Trinajstić information content (AvgIpc) is 2.27. The summed E-state index contributed by atoms with van der Waals surface area (Å²) in [6.07, 6.45) is 0. The molecule has 88 valence electrons. The van der Waals surface area contributed by atoms with Crippen LogP contribution >= 0.6 is 0 Å². The lowest BCUT2D eigenvalue weighted by Crippen LogP contribution is -2.42. The Balaban J connectivity index is 2.61. The van der Waals surface area contributed by atoms with Crippen molar-refractivity contribution in [3.8, 4) is 0 Å². The summed E-state index contributed by atoms with van der Waals surface area (Å²) in [4.78, 5) is 11.6. The molecule has 3 heteroatoms. The molecule has 0 spiro atoms. The van der Waals surface area contributed by atoms with Crippen LogP contribution in [0.5, 0.6) is 0 Å². The van der Waals surface area contributed by atoms with E-state index in [1.807, 2.05) is 51.1 Å². The zero-order valence-corrected chi connectivity index (χ0v) is 10.1. The number of rotatable bonds is 5. The molecule has 1 N–H and O–H groups in total. The Hall–Kier alpha value is -1.35. The number of hydrogen-bond donors (Lipinski definition) is 1. The Morgan fingerprint density at radius 2 is 1.94 bits per heavy atom. The predicted octanol–water partition coefficient (Wildman–Crippen LogP) is 2.07. The third kappa shape index (κ3) is 3.66. The number of benzene rings is 1. The zero-order chi connectivity index (χ0) is 12.0. The Morgan fingerprint density at radius 3 is 2.50 bits per heavy atom. The van der Waals surface area contributed by atoms with Gasteiger partial charge in [-0.15, -0.1) is 0 Å². The van der Waals surface area contributed by atoms with Crippen LogP contribution in [0.25, 0.3) is 0 Å². The SMILES string of the molecule is CCOCC(=O)NC(C)(C)c1ccccc1. The van der Waals surface area contributed by atoms with Crippen LogP contribution in [0, 0.1) is 0 Å². The van der Waals surface area contributed by atoms with Gasteiger partial charge in [0, 0.05) is 6.61 Å². The van der Waals surface area contributed by atoms with Crippen LogP contribution in [0.2, 0.25) is 0 Å². The predicted molar refractivity (Wildman–Crippen MR) is 64.1 cm³/mol. The molecule has 0 saturated carbocycles. The van der Waals surface area contributed by atoms with Crippen molar-refractivity contribution < 1.29 is 9.53 Å². The summed E-state index contributed by atoms with van der Waals surface area (Å²) in [7, 11) is 0. The van der Waals surface area contributed by atoms with Gasteiger partial charge in [0.2, 0.25) is 5.91 Å². The lowest BCUT2D eigenvalue weighted by atomic mass is 9.94. The molecule has 16 heavy (non-hydrogen) atoms. The standard InChI is InChI=1S/C13H19NO2/c1-4-16-10-12(15)14-13(2,3)11-8-6-5-7-9-11/h5-9H,4,10H2,1-3H3,(H,14,15). The molecule has 0 aliphatic rings. The lowest BCUT2D eigenvalue weighted by molar-refractivity contribution is -0.127. The summed E-state index contributed by atoms with van der Waals surface area (Å²) in [6, 6.07) is 9.89. The first-order valence-electron chi connectivity index (χ1n) is 5.50. The summed E-state index contributed by atoms with van der Waals surface area (Å²) in [5.41, 5.74) is 0.718. The maximum atomic E-state index is 11.6. The number of nitrogens with one attached hydrogen (secondary N) is 1. The second kappa shape index (κ2) is 5.66. The van der Waals surface area contributed by atoms with Gasteiger partial charge in [-0.05, 0) is 26.3 Å². The number of hydrogen-bond acceptors (Lipinski definition) is 2. The first-order chi connectivity index (χ1) is 7.56. The Kier molecular flexibility index (Phi) is 4.50. The van der Waals surface area contributed by atoms with Crippen molar-refractivity contribution >= 4 is 5.91 Å². The molecule has 0 aliphatic heterocycles. The first-order valence-corrected chi connectivity index (χ1v) is 5.50. The van der Waals surface area contributed by atoms with Gasteiger partial charge < -0.3 is 10.1 Å². The van der Waals surface area contributed by atoms with E-state index >= 15 is 0 Å². The Bertz CT molecular complexity index is 333. The third-order valence-corrected chi connectivity index (χ3v) is 2.38. The van der Waals surface area contributed by atoms with Gasteiger partial charge in [-0.1, -0.05) is 30.3 Å². The number of ether oxygens (including phenoxy) is 1. The summed E-state index contributed by atoms with van der Waals surface area (Å²) in [5.74, 6) is -0.0873. The average molecular weight is 221 g/mol. The Labute approximate surface area is 96.8 Å². The van der Waals surface area contributed by atoms with E-state index in [0.29, 0.717) is 6.61 Å². The highest BCUT2D eigenvalue weighted by atomic mass is 16.5. The molecule has 0 fully saturated rings. The van der Waals surface area contributed by atoms with E-state index < -0.39 is 0 Å². The quantitative estimate of drug-likeness (QED) is 0.826. The topological polar surface area (TPSA) is 38.3 Å². The van der Waals surface area contributed by atoms with E-state index in [4.69, 9.17) is 4.74 Å². The van der Waals surface area contributed by atoms with Crippen molar-refractivity contribution in [1.82, 2.24) is 5.32 Å². The molecule has 0 aliphatic carbocycles. The van der Waals surface area contributed by atoms with E-state index in [1.54, 1.807) is 0 Å². The van der Waals surface area contributed by atoms with E-state index in [2.05, 4.69) is 5.32 Å². The molecule has 0 saturated heterocycles. The van der Waals surface area contributed by atoms with Gasteiger partial charge in [-0.3, -0.25) is 4.79 Å². The fourth-order valence-electron chi connectivity index (χ4n) is 1.51. The van der Waals surface area contributed by atoms with Gasteiger partial charge >= 0.3 is 0 Å². The second-order valence-corrected chi connectivity index (χ2v) is 4.18. The minimum atomic E-state index is -0.366. The van der Waals surface area contributed by atoms with Crippen molar-refractivity contribution in [3.05, 3.63) is 35.9 Å². The number of carbonyl (C=O) groups excluding carboxylic acids is 1.